The van der Waals surface area contributed by atoms with Crippen LogP contribution in [0.15, 0.2) is 18.2 Å². The minimum absolute atomic E-state index is 0.0226. The molecule has 8 nitrogen and oxygen atoms in total. The van der Waals surface area contributed by atoms with E-state index in [4.69, 9.17) is 9.57 Å². The maximum atomic E-state index is 14.9. The topological polar surface area (TPSA) is 74.4 Å². The van der Waals surface area contributed by atoms with Crippen LogP contribution in [0.3, 0.4) is 0 Å². The molecule has 1 unspecified atom stereocenters. The highest BCUT2D eigenvalue weighted by atomic mass is 19.3. The van der Waals surface area contributed by atoms with Gasteiger partial charge in [0.2, 0.25) is 0 Å². The van der Waals surface area contributed by atoms with E-state index in [9.17, 15) is 22.8 Å². The van der Waals surface area contributed by atoms with Crippen molar-refractivity contribution in [1.82, 2.24) is 10.4 Å². The van der Waals surface area contributed by atoms with Crippen LogP contribution in [0.5, 0.6) is 0 Å². The Morgan fingerprint density at radius 1 is 1.23 bits per heavy atom. The highest BCUT2D eigenvalue weighted by Gasteiger charge is 2.34. The number of cyclic esters (lactones) is 1. The lowest BCUT2D eigenvalue weighted by atomic mass is 10.2. The summed E-state index contributed by atoms with van der Waals surface area (Å²) in [5.41, 5.74) is 0.726. The maximum Gasteiger partial charge on any atom is 0.414 e. The maximum absolute atomic E-state index is 14.9. The van der Waals surface area contributed by atoms with E-state index in [0.29, 0.717) is 43.5 Å². The van der Waals surface area contributed by atoms with E-state index < -0.39 is 30.3 Å². The molecule has 2 saturated heterocycles. The van der Waals surface area contributed by atoms with Crippen molar-refractivity contribution < 1.29 is 32.3 Å². The first-order valence-corrected chi connectivity index (χ1v) is 10.4. The van der Waals surface area contributed by atoms with Crippen LogP contribution in [-0.2, 0) is 14.4 Å². The lowest BCUT2D eigenvalue weighted by molar-refractivity contribution is -0.150. The first kappa shape index (κ1) is 21.7. The lowest BCUT2D eigenvalue weighted by Gasteiger charge is -2.24. The van der Waals surface area contributed by atoms with E-state index in [-0.39, 0.29) is 13.1 Å². The molecular weight excluding hydrogens is 417 g/mol. The first-order chi connectivity index (χ1) is 14.9. The molecule has 2 amide bonds. The van der Waals surface area contributed by atoms with Gasteiger partial charge in [0, 0.05) is 26.2 Å². The van der Waals surface area contributed by atoms with E-state index >= 15 is 0 Å². The van der Waals surface area contributed by atoms with Crippen LogP contribution in [0.2, 0.25) is 0 Å². The zero-order chi connectivity index (χ0) is 22.0. The number of halogens is 3. The summed E-state index contributed by atoms with van der Waals surface area (Å²) in [6.45, 7) is 3.02. The van der Waals surface area contributed by atoms with Gasteiger partial charge < -0.3 is 15.0 Å². The highest BCUT2D eigenvalue weighted by Crippen LogP contribution is 2.31. The van der Waals surface area contributed by atoms with Crippen LogP contribution in [-0.4, -0.2) is 75.5 Å². The Labute approximate surface area is 177 Å². The van der Waals surface area contributed by atoms with Crippen molar-refractivity contribution in [2.75, 3.05) is 55.7 Å². The second-order valence-electron chi connectivity index (χ2n) is 7.95. The number of amides is 2. The molecule has 11 heteroatoms. The van der Waals surface area contributed by atoms with Gasteiger partial charge in [0.25, 0.3) is 5.91 Å². The summed E-state index contributed by atoms with van der Waals surface area (Å²) in [6.07, 6.45) is -2.18. The van der Waals surface area contributed by atoms with Crippen molar-refractivity contribution in [2.45, 2.75) is 25.4 Å². The number of ether oxygens (including phenoxy) is 1. The molecule has 1 saturated carbocycles. The molecule has 3 aliphatic rings. The molecular formula is C20H25F3N4O4. The fourth-order valence-corrected chi connectivity index (χ4v) is 3.71. The molecule has 0 radical (unpaired) electrons. The van der Waals surface area contributed by atoms with E-state index in [2.05, 4.69) is 0 Å². The highest BCUT2D eigenvalue weighted by molar-refractivity contribution is 5.90. The molecule has 2 heterocycles. The third-order valence-corrected chi connectivity index (χ3v) is 5.57. The molecule has 0 aromatic heterocycles. The molecule has 1 atom stereocenters. The van der Waals surface area contributed by atoms with Crippen LogP contribution < -0.4 is 15.1 Å². The predicted molar refractivity (Wildman–Crippen MR) is 105 cm³/mol. The molecule has 0 spiro atoms. The Hall–Kier alpha value is -2.53. The second-order valence-corrected chi connectivity index (χ2v) is 7.95. The summed E-state index contributed by atoms with van der Waals surface area (Å²) in [5, 5.41) is 3.97. The third kappa shape index (κ3) is 5.40. The SMILES string of the molecule is O=C(NCC1CN(c2ccc(N3CCON(CC4CC4)CC3)c(F)c2)C(=O)O1)C(F)F. The van der Waals surface area contributed by atoms with Gasteiger partial charge in [-0.15, -0.1) is 0 Å². The Bertz CT molecular complexity index is 824. The summed E-state index contributed by atoms with van der Waals surface area (Å²) >= 11 is 0. The number of alkyl halides is 2. The van der Waals surface area contributed by atoms with Crippen LogP contribution in [0.25, 0.3) is 0 Å². The largest absolute Gasteiger partial charge is 0.442 e. The quantitative estimate of drug-likeness (QED) is 0.697. The van der Waals surface area contributed by atoms with Gasteiger partial charge in [-0.05, 0) is 37.0 Å². The number of hydrogen-bond acceptors (Lipinski definition) is 6. The molecule has 1 N–H and O–H groups in total. The van der Waals surface area contributed by atoms with Crippen molar-refractivity contribution in [2.24, 2.45) is 5.92 Å². The van der Waals surface area contributed by atoms with E-state index in [1.807, 2.05) is 15.3 Å². The smallest absolute Gasteiger partial charge is 0.414 e. The summed E-state index contributed by atoms with van der Waals surface area (Å²) in [5.74, 6) is -1.20. The number of hydroxylamine groups is 2. The van der Waals surface area contributed by atoms with Gasteiger partial charge in [0.05, 0.1) is 31.1 Å². The lowest BCUT2D eigenvalue weighted by Crippen LogP contribution is -2.37. The molecule has 4 rings (SSSR count). The van der Waals surface area contributed by atoms with Crippen molar-refractivity contribution >= 4 is 23.4 Å². The minimum Gasteiger partial charge on any atom is -0.442 e. The Balaban J connectivity index is 1.35. The predicted octanol–water partition coefficient (Wildman–Crippen LogP) is 2.00. The summed E-state index contributed by atoms with van der Waals surface area (Å²) in [7, 11) is 0. The Morgan fingerprint density at radius 3 is 2.74 bits per heavy atom. The third-order valence-electron chi connectivity index (χ3n) is 5.57. The van der Waals surface area contributed by atoms with E-state index in [1.165, 1.54) is 23.8 Å². The van der Waals surface area contributed by atoms with E-state index in [1.54, 1.807) is 12.1 Å². The van der Waals surface area contributed by atoms with Crippen LogP contribution in [0, 0.1) is 11.7 Å². The van der Waals surface area contributed by atoms with Gasteiger partial charge in [-0.2, -0.15) is 13.8 Å². The fourth-order valence-electron chi connectivity index (χ4n) is 3.71. The van der Waals surface area contributed by atoms with Crippen LogP contribution in [0.4, 0.5) is 29.3 Å². The summed E-state index contributed by atoms with van der Waals surface area (Å²) in [4.78, 5) is 32.0. The molecule has 1 aromatic rings. The van der Waals surface area contributed by atoms with Crippen molar-refractivity contribution in [1.29, 1.82) is 0 Å². The van der Waals surface area contributed by atoms with E-state index in [0.717, 1.165) is 6.54 Å². The van der Waals surface area contributed by atoms with Gasteiger partial charge in [0.1, 0.15) is 11.9 Å². The minimum atomic E-state index is -3.14. The molecule has 170 valence electrons. The normalized spacial score (nSPS) is 22.6. The number of hydrogen-bond donors (Lipinski definition) is 1. The number of nitrogens with zero attached hydrogens (tertiary/aromatic N) is 3. The summed E-state index contributed by atoms with van der Waals surface area (Å²) in [6, 6.07) is 4.48. The number of carbonyl (C=O) groups is 2. The fraction of sp³-hybridized carbons (Fsp3) is 0.600. The zero-order valence-corrected chi connectivity index (χ0v) is 16.9. The van der Waals surface area contributed by atoms with Gasteiger partial charge >= 0.3 is 12.5 Å². The second kappa shape index (κ2) is 9.31. The average molecular weight is 442 g/mol. The van der Waals surface area contributed by atoms with Crippen molar-refractivity contribution in [3.05, 3.63) is 24.0 Å². The molecule has 1 aliphatic carbocycles. The molecule has 2 aliphatic heterocycles. The average Bonchev–Trinajstić information content (AvgIpc) is 3.51. The van der Waals surface area contributed by atoms with Crippen LogP contribution in [0.1, 0.15) is 12.8 Å². The molecule has 0 bridgehead atoms. The molecule has 1 aromatic carbocycles. The number of nitrogens with one attached hydrogen (secondary N) is 1. The summed E-state index contributed by atoms with van der Waals surface area (Å²) < 4.78 is 44.5. The number of rotatable bonds is 7. The Kier molecular flexibility index (Phi) is 6.51. The van der Waals surface area contributed by atoms with Gasteiger partial charge in [0.15, 0.2) is 0 Å². The monoisotopic (exact) mass is 442 g/mol. The molecule has 31 heavy (non-hydrogen) atoms. The van der Waals surface area contributed by atoms with Gasteiger partial charge in [-0.1, -0.05) is 0 Å². The van der Waals surface area contributed by atoms with Gasteiger partial charge in [-0.25, -0.2) is 9.18 Å². The standard InChI is InChI=1S/C20H25F3N4O4/c21-16-9-14(27-12-15(31-20(27)29)10-24-19(28)18(22)23)3-4-17(16)25-5-6-26(30-8-7-25)11-13-1-2-13/h3-4,9,13,15,18H,1-2,5-8,10-12H2,(H,24,28). The van der Waals surface area contributed by atoms with Crippen molar-refractivity contribution in [3.63, 3.8) is 0 Å². The van der Waals surface area contributed by atoms with Crippen LogP contribution >= 0.6 is 0 Å². The zero-order valence-electron chi connectivity index (χ0n) is 16.9. The number of anilines is 2. The van der Waals surface area contributed by atoms with Gasteiger partial charge in [-0.3, -0.25) is 14.5 Å². The number of carbonyl (C=O) groups excluding carboxylic acids is 2. The first-order valence-electron chi connectivity index (χ1n) is 10.4. The Morgan fingerprint density at radius 2 is 2.03 bits per heavy atom. The number of benzene rings is 1. The van der Waals surface area contributed by atoms with Crippen molar-refractivity contribution in [3.8, 4) is 0 Å². The molecule has 3 fully saturated rings.